The van der Waals surface area contributed by atoms with E-state index in [4.69, 9.17) is 0 Å². The third-order valence-corrected chi connectivity index (χ3v) is 7.83. The molecule has 5 nitrogen and oxygen atoms in total. The molecule has 1 unspecified atom stereocenters. The summed E-state index contributed by atoms with van der Waals surface area (Å²) in [6.45, 7) is 1.82. The summed E-state index contributed by atoms with van der Waals surface area (Å²) < 4.78 is 50.8. The number of rotatable bonds is 7. The number of nitrogens with one attached hydrogen (secondary N) is 1. The Hall–Kier alpha value is -1.70. The SMILES string of the molecule is O=C(CCS(=O)(=O)C1CCCC1)NCC1CCN(c2ccc(F)c(F)c2)C1. The Bertz CT molecular complexity index is 779. The number of nitrogens with zero attached hydrogens (tertiary/aromatic N) is 1. The van der Waals surface area contributed by atoms with Crippen LogP contribution in [-0.2, 0) is 14.6 Å². The van der Waals surface area contributed by atoms with E-state index in [9.17, 15) is 22.0 Å². The Balaban J connectivity index is 1.41. The van der Waals surface area contributed by atoms with Gasteiger partial charge < -0.3 is 10.2 Å². The second-order valence-corrected chi connectivity index (χ2v) is 9.93. The number of hydrogen-bond acceptors (Lipinski definition) is 4. The highest BCUT2D eigenvalue weighted by molar-refractivity contribution is 7.92. The van der Waals surface area contributed by atoms with Gasteiger partial charge in [-0.25, -0.2) is 17.2 Å². The Labute approximate surface area is 159 Å². The van der Waals surface area contributed by atoms with E-state index in [1.165, 1.54) is 6.07 Å². The average molecular weight is 400 g/mol. The molecule has 1 heterocycles. The van der Waals surface area contributed by atoms with Crippen molar-refractivity contribution in [2.45, 2.75) is 43.8 Å². The molecule has 3 rings (SSSR count). The van der Waals surface area contributed by atoms with Crippen molar-refractivity contribution in [1.29, 1.82) is 0 Å². The van der Waals surface area contributed by atoms with Crippen LogP contribution >= 0.6 is 0 Å². The molecule has 0 aromatic heterocycles. The number of amides is 1. The molecule has 1 atom stereocenters. The predicted molar refractivity (Wildman–Crippen MR) is 100 cm³/mol. The molecule has 1 amide bonds. The highest BCUT2D eigenvalue weighted by Crippen LogP contribution is 2.26. The molecule has 1 aromatic carbocycles. The van der Waals surface area contributed by atoms with Crippen LogP contribution in [0.4, 0.5) is 14.5 Å². The van der Waals surface area contributed by atoms with Gasteiger partial charge in [0, 0.05) is 37.8 Å². The first-order valence-corrected chi connectivity index (χ1v) is 11.2. The summed E-state index contributed by atoms with van der Waals surface area (Å²) in [6.07, 6.45) is 4.16. The van der Waals surface area contributed by atoms with Crippen molar-refractivity contribution in [3.63, 3.8) is 0 Å². The highest BCUT2D eigenvalue weighted by atomic mass is 32.2. The Morgan fingerprint density at radius 3 is 2.59 bits per heavy atom. The molecule has 0 radical (unpaired) electrons. The number of sulfone groups is 1. The molecule has 1 aliphatic carbocycles. The van der Waals surface area contributed by atoms with E-state index in [0.29, 0.717) is 38.2 Å². The minimum atomic E-state index is -3.18. The van der Waals surface area contributed by atoms with Crippen molar-refractivity contribution >= 4 is 21.4 Å². The molecule has 1 saturated carbocycles. The summed E-state index contributed by atoms with van der Waals surface area (Å²) in [5, 5.41) is 2.54. The topological polar surface area (TPSA) is 66.5 Å². The molecular formula is C19H26F2N2O3S. The number of anilines is 1. The largest absolute Gasteiger partial charge is 0.371 e. The molecule has 150 valence electrons. The van der Waals surface area contributed by atoms with Gasteiger partial charge in [-0.1, -0.05) is 12.8 Å². The van der Waals surface area contributed by atoms with Crippen molar-refractivity contribution in [1.82, 2.24) is 5.32 Å². The van der Waals surface area contributed by atoms with Crippen LogP contribution in [-0.4, -0.2) is 45.0 Å². The first-order valence-electron chi connectivity index (χ1n) is 9.53. The maximum absolute atomic E-state index is 13.4. The molecule has 0 bridgehead atoms. The number of carbonyl (C=O) groups is 1. The van der Waals surface area contributed by atoms with Crippen molar-refractivity contribution in [3.05, 3.63) is 29.8 Å². The zero-order valence-electron chi connectivity index (χ0n) is 15.3. The van der Waals surface area contributed by atoms with Crippen LogP contribution in [0, 0.1) is 17.6 Å². The van der Waals surface area contributed by atoms with Crippen LogP contribution in [0.15, 0.2) is 18.2 Å². The summed E-state index contributed by atoms with van der Waals surface area (Å²) in [6, 6.07) is 3.85. The average Bonchev–Trinajstić information content (AvgIpc) is 3.33. The summed E-state index contributed by atoms with van der Waals surface area (Å²) in [5.41, 5.74) is 0.630. The molecule has 1 aliphatic heterocycles. The Kier molecular flexibility index (Phi) is 6.34. The third-order valence-electron chi connectivity index (χ3n) is 5.57. The maximum Gasteiger partial charge on any atom is 0.221 e. The minimum absolute atomic E-state index is 0.00155. The fourth-order valence-corrected chi connectivity index (χ4v) is 5.77. The second-order valence-electron chi connectivity index (χ2n) is 7.53. The molecule has 8 heteroatoms. The minimum Gasteiger partial charge on any atom is -0.371 e. The van der Waals surface area contributed by atoms with Crippen LogP contribution in [0.2, 0.25) is 0 Å². The molecule has 2 fully saturated rings. The van der Waals surface area contributed by atoms with Gasteiger partial charge in [-0.05, 0) is 37.3 Å². The lowest BCUT2D eigenvalue weighted by atomic mass is 10.1. The zero-order chi connectivity index (χ0) is 19.4. The van der Waals surface area contributed by atoms with Crippen LogP contribution in [0.5, 0.6) is 0 Å². The van der Waals surface area contributed by atoms with Gasteiger partial charge in [-0.3, -0.25) is 4.79 Å². The summed E-state index contributed by atoms with van der Waals surface area (Å²) >= 11 is 0. The standard InChI is InChI=1S/C19H26F2N2O3S/c20-17-6-5-15(11-18(17)21)23-9-7-14(13-23)12-22-19(24)8-10-27(25,26)16-3-1-2-4-16/h5-6,11,14,16H,1-4,7-10,12-13H2,(H,22,24). The first-order chi connectivity index (χ1) is 12.8. The van der Waals surface area contributed by atoms with Gasteiger partial charge >= 0.3 is 0 Å². The van der Waals surface area contributed by atoms with Crippen LogP contribution in [0.1, 0.15) is 38.5 Å². The van der Waals surface area contributed by atoms with Crippen LogP contribution < -0.4 is 10.2 Å². The van der Waals surface area contributed by atoms with Gasteiger partial charge in [-0.15, -0.1) is 0 Å². The Morgan fingerprint density at radius 1 is 1.15 bits per heavy atom. The van der Waals surface area contributed by atoms with E-state index in [-0.39, 0.29) is 29.2 Å². The molecule has 1 aromatic rings. The van der Waals surface area contributed by atoms with Crippen LogP contribution in [0.25, 0.3) is 0 Å². The van der Waals surface area contributed by atoms with Crippen LogP contribution in [0.3, 0.4) is 0 Å². The van der Waals surface area contributed by atoms with Gasteiger partial charge in [0.15, 0.2) is 21.5 Å². The molecule has 2 aliphatic rings. The number of benzene rings is 1. The van der Waals surface area contributed by atoms with E-state index < -0.39 is 21.5 Å². The molecule has 1 N–H and O–H groups in total. The van der Waals surface area contributed by atoms with E-state index in [2.05, 4.69) is 5.32 Å². The number of carbonyl (C=O) groups excluding carboxylic acids is 1. The van der Waals surface area contributed by atoms with E-state index in [1.807, 2.05) is 4.90 Å². The molecular weight excluding hydrogens is 374 g/mol. The first kappa shape index (κ1) is 20.0. The molecule has 27 heavy (non-hydrogen) atoms. The highest BCUT2D eigenvalue weighted by Gasteiger charge is 2.29. The molecule has 0 spiro atoms. The van der Waals surface area contributed by atoms with E-state index in [1.54, 1.807) is 6.07 Å². The lowest BCUT2D eigenvalue weighted by Gasteiger charge is -2.19. The lowest BCUT2D eigenvalue weighted by Crippen LogP contribution is -2.33. The smallest absolute Gasteiger partial charge is 0.221 e. The Morgan fingerprint density at radius 2 is 1.89 bits per heavy atom. The van der Waals surface area contributed by atoms with Gasteiger partial charge in [-0.2, -0.15) is 0 Å². The lowest BCUT2D eigenvalue weighted by molar-refractivity contribution is -0.120. The zero-order valence-corrected chi connectivity index (χ0v) is 16.1. The summed E-state index contributed by atoms with van der Waals surface area (Å²) in [7, 11) is -3.18. The second kappa shape index (κ2) is 8.54. The normalized spacial score (nSPS) is 21.0. The quantitative estimate of drug-likeness (QED) is 0.764. The fourth-order valence-electron chi connectivity index (χ4n) is 3.91. The summed E-state index contributed by atoms with van der Waals surface area (Å²) in [5.74, 6) is -1.87. The van der Waals surface area contributed by atoms with Crippen molar-refractivity contribution in [2.24, 2.45) is 5.92 Å². The van der Waals surface area contributed by atoms with E-state index >= 15 is 0 Å². The van der Waals surface area contributed by atoms with Gasteiger partial charge in [0.25, 0.3) is 0 Å². The monoisotopic (exact) mass is 400 g/mol. The van der Waals surface area contributed by atoms with Crippen molar-refractivity contribution in [3.8, 4) is 0 Å². The predicted octanol–water partition coefficient (Wildman–Crippen LogP) is 2.65. The summed E-state index contributed by atoms with van der Waals surface area (Å²) in [4.78, 5) is 14.0. The maximum atomic E-state index is 13.4. The fraction of sp³-hybridized carbons (Fsp3) is 0.632. The van der Waals surface area contributed by atoms with Crippen molar-refractivity contribution in [2.75, 3.05) is 30.3 Å². The van der Waals surface area contributed by atoms with E-state index in [0.717, 1.165) is 25.3 Å². The van der Waals surface area contributed by atoms with Gasteiger partial charge in [0.05, 0.1) is 11.0 Å². The number of halogens is 2. The van der Waals surface area contributed by atoms with Gasteiger partial charge in [0.2, 0.25) is 5.91 Å². The number of hydrogen-bond donors (Lipinski definition) is 1. The van der Waals surface area contributed by atoms with Crippen molar-refractivity contribution < 1.29 is 22.0 Å². The van der Waals surface area contributed by atoms with Gasteiger partial charge in [0.1, 0.15) is 0 Å². The third kappa shape index (κ3) is 5.18. The molecule has 1 saturated heterocycles.